The van der Waals surface area contributed by atoms with E-state index in [0.717, 1.165) is 6.54 Å². The molecule has 2 atom stereocenters. The van der Waals surface area contributed by atoms with E-state index >= 15 is 0 Å². The van der Waals surface area contributed by atoms with Gasteiger partial charge in [0.25, 0.3) is 0 Å². The zero-order chi connectivity index (χ0) is 10.7. The molecule has 1 rings (SSSR count). The van der Waals surface area contributed by atoms with Gasteiger partial charge in [-0.25, -0.2) is 0 Å². The lowest BCUT2D eigenvalue weighted by atomic mass is 10.3. The van der Waals surface area contributed by atoms with Crippen LogP contribution >= 0.6 is 0 Å². The van der Waals surface area contributed by atoms with Crippen molar-refractivity contribution in [2.45, 2.75) is 26.2 Å². The van der Waals surface area contributed by atoms with Gasteiger partial charge in [0.05, 0.1) is 0 Å². The first-order valence-electron chi connectivity index (χ1n) is 4.71. The summed E-state index contributed by atoms with van der Waals surface area (Å²) >= 11 is 0. The fraction of sp³-hybridized carbons (Fsp3) is 0.667. The predicted molar refractivity (Wildman–Crippen MR) is 53.3 cm³/mol. The number of hydrogen-bond donors (Lipinski definition) is 2. The lowest BCUT2D eigenvalue weighted by molar-refractivity contribution is -0.139. The molecule has 0 saturated heterocycles. The van der Waals surface area contributed by atoms with Crippen molar-refractivity contribution in [1.29, 1.82) is 0 Å². The van der Waals surface area contributed by atoms with Gasteiger partial charge in [-0.1, -0.05) is 0 Å². The largest absolute Gasteiger partial charge is 0.480 e. The van der Waals surface area contributed by atoms with E-state index in [1.165, 1.54) is 0 Å². The van der Waals surface area contributed by atoms with Crippen LogP contribution in [0.2, 0.25) is 0 Å². The second kappa shape index (κ2) is 4.32. The van der Waals surface area contributed by atoms with Crippen molar-refractivity contribution in [3.63, 3.8) is 0 Å². The SMILES string of the molecule is CCN1C=CN(C)C1NC(C)C(=O)O. The normalized spacial score (nSPS) is 22.9. The maximum absolute atomic E-state index is 10.7. The number of nitrogens with zero attached hydrogens (tertiary/aromatic N) is 2. The molecule has 5 heteroatoms. The van der Waals surface area contributed by atoms with Crippen LogP contribution in [-0.4, -0.2) is 46.8 Å². The molecule has 5 nitrogen and oxygen atoms in total. The minimum atomic E-state index is -0.832. The molecule has 14 heavy (non-hydrogen) atoms. The zero-order valence-corrected chi connectivity index (χ0v) is 8.77. The number of rotatable bonds is 4. The Labute approximate surface area is 84.0 Å². The average molecular weight is 199 g/mol. The Balaban J connectivity index is 2.55. The molecule has 1 aliphatic rings. The summed E-state index contributed by atoms with van der Waals surface area (Å²) in [5.74, 6) is -0.832. The van der Waals surface area contributed by atoms with Gasteiger partial charge in [0.15, 0.2) is 6.29 Å². The lowest BCUT2D eigenvalue weighted by Crippen LogP contribution is -2.53. The number of hydrogen-bond acceptors (Lipinski definition) is 4. The van der Waals surface area contributed by atoms with E-state index < -0.39 is 12.0 Å². The summed E-state index contributed by atoms with van der Waals surface area (Å²) in [5.41, 5.74) is 0. The van der Waals surface area contributed by atoms with Gasteiger partial charge in [-0.05, 0) is 13.8 Å². The van der Waals surface area contributed by atoms with Gasteiger partial charge >= 0.3 is 5.97 Å². The van der Waals surface area contributed by atoms with Crippen LogP contribution in [0.15, 0.2) is 12.4 Å². The van der Waals surface area contributed by atoms with Crippen LogP contribution in [0.25, 0.3) is 0 Å². The molecule has 1 heterocycles. The molecule has 0 aromatic heterocycles. The molecule has 0 radical (unpaired) electrons. The second-order valence-electron chi connectivity index (χ2n) is 3.39. The molecule has 0 saturated carbocycles. The topological polar surface area (TPSA) is 55.8 Å². The van der Waals surface area contributed by atoms with Gasteiger partial charge in [-0.15, -0.1) is 0 Å². The minimum Gasteiger partial charge on any atom is -0.480 e. The third-order valence-corrected chi connectivity index (χ3v) is 2.33. The van der Waals surface area contributed by atoms with Gasteiger partial charge in [-0.2, -0.15) is 0 Å². The van der Waals surface area contributed by atoms with Crippen molar-refractivity contribution in [3.05, 3.63) is 12.4 Å². The highest BCUT2D eigenvalue weighted by atomic mass is 16.4. The summed E-state index contributed by atoms with van der Waals surface area (Å²) < 4.78 is 0. The molecule has 0 aromatic rings. The zero-order valence-electron chi connectivity index (χ0n) is 8.77. The van der Waals surface area contributed by atoms with E-state index in [2.05, 4.69) is 5.32 Å². The van der Waals surface area contributed by atoms with E-state index in [-0.39, 0.29) is 6.29 Å². The first kappa shape index (κ1) is 10.8. The van der Waals surface area contributed by atoms with Crippen molar-refractivity contribution in [2.24, 2.45) is 0 Å². The summed E-state index contributed by atoms with van der Waals surface area (Å²) in [4.78, 5) is 14.7. The van der Waals surface area contributed by atoms with Gasteiger partial charge < -0.3 is 14.9 Å². The Morgan fingerprint density at radius 1 is 1.64 bits per heavy atom. The standard InChI is InChI=1S/C9H17N3O2/c1-4-12-6-5-11(3)9(12)10-7(2)8(13)14/h5-7,9-10H,4H2,1-3H3,(H,13,14). The van der Waals surface area contributed by atoms with E-state index in [1.807, 2.05) is 36.2 Å². The number of carbonyl (C=O) groups is 1. The molecule has 80 valence electrons. The summed E-state index contributed by atoms with van der Waals surface area (Å²) in [6.07, 6.45) is 3.83. The lowest BCUT2D eigenvalue weighted by Gasteiger charge is -2.31. The van der Waals surface area contributed by atoms with Crippen LogP contribution < -0.4 is 5.32 Å². The summed E-state index contributed by atoms with van der Waals surface area (Å²) in [5, 5.41) is 11.8. The van der Waals surface area contributed by atoms with E-state index in [0.29, 0.717) is 0 Å². The van der Waals surface area contributed by atoms with E-state index in [9.17, 15) is 4.79 Å². The van der Waals surface area contributed by atoms with Gasteiger partial charge in [-0.3, -0.25) is 10.1 Å². The Hall–Kier alpha value is -1.23. The van der Waals surface area contributed by atoms with Crippen molar-refractivity contribution in [2.75, 3.05) is 13.6 Å². The van der Waals surface area contributed by atoms with Crippen molar-refractivity contribution in [3.8, 4) is 0 Å². The first-order chi connectivity index (χ1) is 6.56. The van der Waals surface area contributed by atoms with Gasteiger partial charge in [0.1, 0.15) is 6.04 Å². The molecular weight excluding hydrogens is 182 g/mol. The smallest absolute Gasteiger partial charge is 0.320 e. The van der Waals surface area contributed by atoms with E-state index in [4.69, 9.17) is 5.11 Å². The Morgan fingerprint density at radius 3 is 2.79 bits per heavy atom. The Kier molecular flexibility index (Phi) is 3.35. The molecule has 0 fully saturated rings. The van der Waals surface area contributed by atoms with Crippen LogP contribution in [0.5, 0.6) is 0 Å². The second-order valence-corrected chi connectivity index (χ2v) is 3.39. The van der Waals surface area contributed by atoms with Crippen LogP contribution in [0.1, 0.15) is 13.8 Å². The predicted octanol–water partition coefficient (Wildman–Crippen LogP) is 0.0712. The minimum absolute atomic E-state index is 0.0499. The monoisotopic (exact) mass is 199 g/mol. The summed E-state index contributed by atoms with van der Waals surface area (Å²) in [6.45, 7) is 4.52. The Morgan fingerprint density at radius 2 is 2.29 bits per heavy atom. The highest BCUT2D eigenvalue weighted by Gasteiger charge is 2.25. The van der Waals surface area contributed by atoms with Crippen LogP contribution in [0, 0.1) is 0 Å². The molecule has 0 spiro atoms. The molecule has 0 bridgehead atoms. The molecule has 1 aliphatic heterocycles. The maximum Gasteiger partial charge on any atom is 0.320 e. The van der Waals surface area contributed by atoms with Crippen LogP contribution in [-0.2, 0) is 4.79 Å². The third kappa shape index (κ3) is 2.17. The highest BCUT2D eigenvalue weighted by Crippen LogP contribution is 2.11. The number of carboxylic acid groups (broad SMARTS) is 1. The van der Waals surface area contributed by atoms with Gasteiger partial charge in [0.2, 0.25) is 0 Å². The van der Waals surface area contributed by atoms with Crippen molar-refractivity contribution in [1.82, 2.24) is 15.1 Å². The fourth-order valence-electron chi connectivity index (χ4n) is 1.37. The molecule has 2 N–H and O–H groups in total. The number of carboxylic acids is 1. The van der Waals surface area contributed by atoms with Crippen molar-refractivity contribution < 1.29 is 9.90 Å². The van der Waals surface area contributed by atoms with E-state index in [1.54, 1.807) is 6.92 Å². The molecular formula is C9H17N3O2. The van der Waals surface area contributed by atoms with Crippen molar-refractivity contribution >= 4 is 5.97 Å². The molecule has 0 aliphatic carbocycles. The average Bonchev–Trinajstić information content (AvgIpc) is 2.47. The molecule has 2 unspecified atom stereocenters. The number of aliphatic carboxylic acids is 1. The van der Waals surface area contributed by atoms with Gasteiger partial charge in [0, 0.05) is 26.0 Å². The van der Waals surface area contributed by atoms with Crippen LogP contribution in [0.4, 0.5) is 0 Å². The number of nitrogens with one attached hydrogen (secondary N) is 1. The molecule has 0 aromatic carbocycles. The quantitative estimate of drug-likeness (QED) is 0.671. The highest BCUT2D eigenvalue weighted by molar-refractivity contribution is 5.72. The third-order valence-electron chi connectivity index (χ3n) is 2.33. The Bertz CT molecular complexity index is 242. The molecule has 0 amide bonds. The summed E-state index contributed by atoms with van der Waals surface area (Å²) in [7, 11) is 1.92. The first-order valence-corrected chi connectivity index (χ1v) is 4.71. The summed E-state index contributed by atoms with van der Waals surface area (Å²) in [6, 6.07) is -0.545. The maximum atomic E-state index is 10.7. The van der Waals surface area contributed by atoms with Crippen LogP contribution in [0.3, 0.4) is 0 Å². The fourth-order valence-corrected chi connectivity index (χ4v) is 1.37.